The molecule has 0 saturated carbocycles. The first-order valence-corrected chi connectivity index (χ1v) is 4.80. The summed E-state index contributed by atoms with van der Waals surface area (Å²) in [5, 5.41) is 6.36. The van der Waals surface area contributed by atoms with Gasteiger partial charge in [0.25, 0.3) is 0 Å². The molecular formula is C11H22N2. The quantitative estimate of drug-likeness (QED) is 0.636. The smallest absolute Gasteiger partial charge is 0.0333 e. The second kappa shape index (κ2) is 5.81. The van der Waals surface area contributed by atoms with Gasteiger partial charge in [0.2, 0.25) is 0 Å². The van der Waals surface area contributed by atoms with Gasteiger partial charge < -0.3 is 10.6 Å². The molecule has 0 spiro atoms. The normalized spacial score (nSPS) is 17.5. The molecule has 0 fully saturated rings. The minimum absolute atomic E-state index is 0.116. The summed E-state index contributed by atoms with van der Waals surface area (Å²) in [6.45, 7) is 6.41. The lowest BCUT2D eigenvalue weighted by Crippen LogP contribution is -2.36. The summed E-state index contributed by atoms with van der Waals surface area (Å²) in [6, 6.07) is 0. The first kappa shape index (κ1) is 12.2. The summed E-state index contributed by atoms with van der Waals surface area (Å²) < 4.78 is 0. The molecule has 0 aliphatic heterocycles. The SMILES string of the molecule is CCC(C)(/C=C\C=C(/C)NC)NC. The van der Waals surface area contributed by atoms with Crippen molar-refractivity contribution in [3.8, 4) is 0 Å². The van der Waals surface area contributed by atoms with E-state index in [0.717, 1.165) is 6.42 Å². The van der Waals surface area contributed by atoms with E-state index >= 15 is 0 Å². The summed E-state index contributed by atoms with van der Waals surface area (Å²) in [5.41, 5.74) is 1.29. The molecule has 76 valence electrons. The molecule has 2 heteroatoms. The van der Waals surface area contributed by atoms with Gasteiger partial charge in [-0.3, -0.25) is 0 Å². The summed E-state index contributed by atoms with van der Waals surface area (Å²) in [7, 11) is 3.92. The van der Waals surface area contributed by atoms with Crippen LogP contribution in [0.15, 0.2) is 23.9 Å². The van der Waals surface area contributed by atoms with Crippen molar-refractivity contribution in [1.29, 1.82) is 0 Å². The van der Waals surface area contributed by atoms with Crippen LogP contribution in [0.3, 0.4) is 0 Å². The third-order valence-electron chi connectivity index (χ3n) is 2.51. The van der Waals surface area contributed by atoms with Gasteiger partial charge in [0.05, 0.1) is 0 Å². The van der Waals surface area contributed by atoms with Crippen LogP contribution in [0.5, 0.6) is 0 Å². The second-order valence-corrected chi connectivity index (χ2v) is 3.48. The number of allylic oxidation sites excluding steroid dienone is 3. The van der Waals surface area contributed by atoms with Crippen molar-refractivity contribution in [3.63, 3.8) is 0 Å². The zero-order valence-electron chi connectivity index (χ0n) is 9.44. The Labute approximate surface area is 82.1 Å². The number of hydrogen-bond donors (Lipinski definition) is 2. The third-order valence-corrected chi connectivity index (χ3v) is 2.51. The van der Waals surface area contributed by atoms with Crippen molar-refractivity contribution in [1.82, 2.24) is 10.6 Å². The molecule has 0 aromatic heterocycles. The number of hydrogen-bond acceptors (Lipinski definition) is 2. The molecule has 2 N–H and O–H groups in total. The van der Waals surface area contributed by atoms with E-state index in [4.69, 9.17) is 0 Å². The Kier molecular flexibility index (Phi) is 5.47. The molecule has 2 nitrogen and oxygen atoms in total. The molecule has 0 aromatic rings. The highest BCUT2D eigenvalue weighted by molar-refractivity contribution is 5.14. The van der Waals surface area contributed by atoms with E-state index in [-0.39, 0.29) is 5.54 Å². The zero-order chi connectivity index (χ0) is 10.3. The maximum absolute atomic E-state index is 3.28. The standard InChI is InChI=1S/C11H22N2/c1-6-11(3,13-5)9-7-8-10(2)12-4/h7-9,12-13H,6H2,1-5H3/b9-7-,10-8+. The van der Waals surface area contributed by atoms with Gasteiger partial charge in [-0.15, -0.1) is 0 Å². The van der Waals surface area contributed by atoms with Gasteiger partial charge >= 0.3 is 0 Å². The number of nitrogens with one attached hydrogen (secondary N) is 2. The second-order valence-electron chi connectivity index (χ2n) is 3.48. The largest absolute Gasteiger partial charge is 0.392 e. The van der Waals surface area contributed by atoms with Crippen LogP contribution in [0.1, 0.15) is 27.2 Å². The molecule has 0 bridgehead atoms. The molecule has 0 aromatic carbocycles. The Hall–Kier alpha value is -0.760. The van der Waals surface area contributed by atoms with Crippen LogP contribution in [-0.2, 0) is 0 Å². The van der Waals surface area contributed by atoms with Crippen molar-refractivity contribution in [2.24, 2.45) is 0 Å². The molecule has 13 heavy (non-hydrogen) atoms. The van der Waals surface area contributed by atoms with Gasteiger partial charge in [-0.25, -0.2) is 0 Å². The van der Waals surface area contributed by atoms with E-state index in [1.165, 1.54) is 5.70 Å². The Morgan fingerprint density at radius 1 is 1.38 bits per heavy atom. The Morgan fingerprint density at radius 3 is 2.38 bits per heavy atom. The average molecular weight is 182 g/mol. The maximum Gasteiger partial charge on any atom is 0.0333 e. The lowest BCUT2D eigenvalue weighted by atomic mass is 9.99. The van der Waals surface area contributed by atoms with E-state index in [2.05, 4.69) is 42.7 Å². The lowest BCUT2D eigenvalue weighted by molar-refractivity contribution is 0.463. The highest BCUT2D eigenvalue weighted by atomic mass is 14.9. The predicted molar refractivity (Wildman–Crippen MR) is 59.7 cm³/mol. The molecular weight excluding hydrogens is 160 g/mol. The molecule has 0 heterocycles. The zero-order valence-corrected chi connectivity index (χ0v) is 9.44. The Bertz CT molecular complexity index is 188. The van der Waals surface area contributed by atoms with Crippen LogP contribution >= 0.6 is 0 Å². The van der Waals surface area contributed by atoms with E-state index < -0.39 is 0 Å². The highest BCUT2D eigenvalue weighted by Gasteiger charge is 2.13. The average Bonchev–Trinajstić information content (AvgIpc) is 2.17. The fourth-order valence-electron chi connectivity index (χ4n) is 0.866. The fourth-order valence-corrected chi connectivity index (χ4v) is 0.866. The van der Waals surface area contributed by atoms with Gasteiger partial charge in [0, 0.05) is 18.3 Å². The molecule has 0 amide bonds. The first-order valence-electron chi connectivity index (χ1n) is 4.80. The van der Waals surface area contributed by atoms with Crippen LogP contribution in [0.25, 0.3) is 0 Å². The van der Waals surface area contributed by atoms with Crippen molar-refractivity contribution in [3.05, 3.63) is 23.9 Å². The van der Waals surface area contributed by atoms with Crippen LogP contribution in [0.2, 0.25) is 0 Å². The van der Waals surface area contributed by atoms with Gasteiger partial charge in [-0.1, -0.05) is 19.1 Å². The topological polar surface area (TPSA) is 24.1 Å². The monoisotopic (exact) mass is 182 g/mol. The third kappa shape index (κ3) is 4.73. The maximum atomic E-state index is 3.28. The molecule has 0 aliphatic carbocycles. The summed E-state index contributed by atoms with van der Waals surface area (Å²) >= 11 is 0. The number of likely N-dealkylation sites (N-methyl/N-ethyl adjacent to an activating group) is 1. The molecule has 0 aliphatic rings. The summed E-state index contributed by atoms with van der Waals surface area (Å²) in [5.74, 6) is 0. The first-order chi connectivity index (χ1) is 6.08. The predicted octanol–water partition coefficient (Wildman–Crippen LogP) is 2.05. The van der Waals surface area contributed by atoms with Crippen LogP contribution in [-0.4, -0.2) is 19.6 Å². The van der Waals surface area contributed by atoms with Crippen LogP contribution in [0, 0.1) is 0 Å². The fraction of sp³-hybridized carbons (Fsp3) is 0.636. The van der Waals surface area contributed by atoms with Crippen LogP contribution in [0.4, 0.5) is 0 Å². The van der Waals surface area contributed by atoms with Gasteiger partial charge in [0.15, 0.2) is 0 Å². The minimum atomic E-state index is 0.116. The van der Waals surface area contributed by atoms with Gasteiger partial charge in [-0.2, -0.15) is 0 Å². The van der Waals surface area contributed by atoms with E-state index in [1.54, 1.807) is 0 Å². The minimum Gasteiger partial charge on any atom is -0.392 e. The lowest BCUT2D eigenvalue weighted by Gasteiger charge is -2.23. The van der Waals surface area contributed by atoms with E-state index in [0.29, 0.717) is 0 Å². The van der Waals surface area contributed by atoms with Crippen LogP contribution < -0.4 is 10.6 Å². The van der Waals surface area contributed by atoms with Crippen molar-refractivity contribution in [2.45, 2.75) is 32.7 Å². The summed E-state index contributed by atoms with van der Waals surface area (Å²) in [6.07, 6.45) is 7.44. The van der Waals surface area contributed by atoms with Crippen molar-refractivity contribution in [2.75, 3.05) is 14.1 Å². The van der Waals surface area contributed by atoms with Gasteiger partial charge in [0.1, 0.15) is 0 Å². The highest BCUT2D eigenvalue weighted by Crippen LogP contribution is 2.09. The summed E-state index contributed by atoms with van der Waals surface area (Å²) in [4.78, 5) is 0. The van der Waals surface area contributed by atoms with Gasteiger partial charge in [-0.05, 0) is 33.4 Å². The van der Waals surface area contributed by atoms with Crippen molar-refractivity contribution < 1.29 is 0 Å². The molecule has 0 saturated heterocycles. The molecule has 1 unspecified atom stereocenters. The molecule has 0 radical (unpaired) electrons. The Balaban J connectivity index is 4.24. The Morgan fingerprint density at radius 2 is 2.00 bits per heavy atom. The van der Waals surface area contributed by atoms with E-state index in [1.807, 2.05) is 21.0 Å². The van der Waals surface area contributed by atoms with Crippen molar-refractivity contribution >= 4 is 0 Å². The molecule has 0 rings (SSSR count). The van der Waals surface area contributed by atoms with E-state index in [9.17, 15) is 0 Å². The number of rotatable bonds is 5. The molecule has 1 atom stereocenters.